The number of halogens is 5. The lowest BCUT2D eigenvalue weighted by molar-refractivity contribution is 0.180. The van der Waals surface area contributed by atoms with Crippen LogP contribution in [0.3, 0.4) is 0 Å². The lowest BCUT2D eigenvalue weighted by Crippen LogP contribution is -2.45. The largest absolute Gasteiger partial charge is 0.486 e. The standard InChI is InChI=1S/C14H16F5NO/c15-8-9(16)11(18)13(12(19)10(8)17)21-7-14(20)5-3-1-2-4-6-14/h1-7,20H2. The van der Waals surface area contributed by atoms with E-state index in [4.69, 9.17) is 10.5 Å². The fourth-order valence-corrected chi connectivity index (χ4v) is 2.50. The van der Waals surface area contributed by atoms with E-state index in [1.165, 1.54) is 0 Å². The zero-order valence-electron chi connectivity index (χ0n) is 11.3. The van der Waals surface area contributed by atoms with Gasteiger partial charge in [0.15, 0.2) is 5.75 Å². The molecule has 7 heteroatoms. The molecule has 21 heavy (non-hydrogen) atoms. The van der Waals surface area contributed by atoms with Gasteiger partial charge >= 0.3 is 0 Å². The summed E-state index contributed by atoms with van der Waals surface area (Å²) in [6.45, 7) is -0.286. The van der Waals surface area contributed by atoms with Gasteiger partial charge in [0.25, 0.3) is 0 Å². The third-order valence-electron chi connectivity index (χ3n) is 3.77. The Morgan fingerprint density at radius 1 is 0.762 bits per heavy atom. The molecule has 1 saturated carbocycles. The molecule has 0 aromatic heterocycles. The Labute approximate surface area is 119 Å². The number of hydrogen-bond acceptors (Lipinski definition) is 2. The van der Waals surface area contributed by atoms with Crippen molar-refractivity contribution in [3.63, 3.8) is 0 Å². The Morgan fingerprint density at radius 2 is 1.19 bits per heavy atom. The van der Waals surface area contributed by atoms with Gasteiger partial charge in [-0.05, 0) is 12.8 Å². The maximum absolute atomic E-state index is 13.5. The molecule has 0 radical (unpaired) electrons. The minimum Gasteiger partial charge on any atom is -0.486 e. The summed E-state index contributed by atoms with van der Waals surface area (Å²) in [7, 11) is 0. The quantitative estimate of drug-likeness (QED) is 0.399. The van der Waals surface area contributed by atoms with E-state index in [-0.39, 0.29) is 6.61 Å². The maximum Gasteiger partial charge on any atom is 0.206 e. The van der Waals surface area contributed by atoms with Crippen LogP contribution in [-0.2, 0) is 0 Å². The van der Waals surface area contributed by atoms with E-state index in [2.05, 4.69) is 0 Å². The van der Waals surface area contributed by atoms with Crippen molar-refractivity contribution in [3.05, 3.63) is 29.1 Å². The predicted molar refractivity (Wildman–Crippen MR) is 66.3 cm³/mol. The third kappa shape index (κ3) is 3.28. The number of ether oxygens (including phenoxy) is 1. The minimum absolute atomic E-state index is 0.286. The SMILES string of the molecule is NC1(COc2c(F)c(F)c(F)c(F)c2F)CCCCCC1. The molecule has 118 valence electrons. The van der Waals surface area contributed by atoms with Crippen molar-refractivity contribution in [3.8, 4) is 5.75 Å². The molecule has 1 fully saturated rings. The average molecular weight is 309 g/mol. The molecule has 2 N–H and O–H groups in total. The molecule has 0 atom stereocenters. The van der Waals surface area contributed by atoms with Crippen molar-refractivity contribution in [1.82, 2.24) is 0 Å². The normalized spacial score (nSPS) is 18.4. The maximum atomic E-state index is 13.5. The Balaban J connectivity index is 2.20. The molecule has 1 aliphatic carbocycles. The van der Waals surface area contributed by atoms with Crippen molar-refractivity contribution >= 4 is 0 Å². The third-order valence-corrected chi connectivity index (χ3v) is 3.77. The van der Waals surface area contributed by atoms with E-state index in [0.29, 0.717) is 12.8 Å². The predicted octanol–water partition coefficient (Wildman–Crippen LogP) is 3.81. The molecule has 2 nitrogen and oxygen atoms in total. The van der Waals surface area contributed by atoms with Gasteiger partial charge in [-0.25, -0.2) is 13.2 Å². The van der Waals surface area contributed by atoms with Crippen LogP contribution in [0.2, 0.25) is 0 Å². The van der Waals surface area contributed by atoms with Crippen molar-refractivity contribution < 1.29 is 26.7 Å². The van der Waals surface area contributed by atoms with E-state index in [0.717, 1.165) is 25.7 Å². The zero-order chi connectivity index (χ0) is 15.6. The van der Waals surface area contributed by atoms with Gasteiger partial charge < -0.3 is 10.5 Å². The van der Waals surface area contributed by atoms with Gasteiger partial charge in [0.2, 0.25) is 29.1 Å². The molecule has 0 aliphatic heterocycles. The summed E-state index contributed by atoms with van der Waals surface area (Å²) in [5.74, 6) is -11.4. The Morgan fingerprint density at radius 3 is 1.67 bits per heavy atom. The summed E-state index contributed by atoms with van der Waals surface area (Å²) in [6.07, 6.45) is 4.86. The number of nitrogens with two attached hydrogens (primary N) is 1. The molecule has 0 heterocycles. The second-order valence-electron chi connectivity index (χ2n) is 5.46. The van der Waals surface area contributed by atoms with Crippen LogP contribution in [0.4, 0.5) is 22.0 Å². The van der Waals surface area contributed by atoms with E-state index in [1.807, 2.05) is 0 Å². The van der Waals surface area contributed by atoms with Crippen LogP contribution < -0.4 is 10.5 Å². The summed E-state index contributed by atoms with van der Waals surface area (Å²) >= 11 is 0. The second kappa shape index (κ2) is 6.17. The van der Waals surface area contributed by atoms with Crippen LogP contribution in [0.15, 0.2) is 0 Å². The van der Waals surface area contributed by atoms with Crippen molar-refractivity contribution in [1.29, 1.82) is 0 Å². The lowest BCUT2D eigenvalue weighted by Gasteiger charge is -2.28. The zero-order valence-corrected chi connectivity index (χ0v) is 11.3. The van der Waals surface area contributed by atoms with Gasteiger partial charge in [-0.2, -0.15) is 8.78 Å². The van der Waals surface area contributed by atoms with Crippen molar-refractivity contribution in [2.75, 3.05) is 6.61 Å². The lowest BCUT2D eigenvalue weighted by atomic mass is 9.92. The Hall–Kier alpha value is -1.37. The molecule has 0 saturated heterocycles. The summed E-state index contributed by atoms with van der Waals surface area (Å²) in [6, 6.07) is 0. The highest BCUT2D eigenvalue weighted by Crippen LogP contribution is 2.31. The van der Waals surface area contributed by atoms with Crippen LogP contribution in [0.25, 0.3) is 0 Å². The summed E-state index contributed by atoms with van der Waals surface area (Å²) in [5, 5.41) is 0. The van der Waals surface area contributed by atoms with Gasteiger partial charge in [-0.1, -0.05) is 25.7 Å². The van der Waals surface area contributed by atoms with Gasteiger partial charge in [-0.3, -0.25) is 0 Å². The molecule has 0 unspecified atom stereocenters. The van der Waals surface area contributed by atoms with Crippen molar-refractivity contribution in [2.24, 2.45) is 5.73 Å². The van der Waals surface area contributed by atoms with Gasteiger partial charge in [0.1, 0.15) is 6.61 Å². The van der Waals surface area contributed by atoms with Crippen LogP contribution in [0.1, 0.15) is 38.5 Å². The minimum atomic E-state index is -2.20. The van der Waals surface area contributed by atoms with Crippen LogP contribution in [0, 0.1) is 29.1 Å². The Kier molecular flexibility index (Phi) is 4.70. The van der Waals surface area contributed by atoms with E-state index < -0.39 is 40.4 Å². The summed E-state index contributed by atoms with van der Waals surface area (Å²) in [4.78, 5) is 0. The van der Waals surface area contributed by atoms with Gasteiger partial charge in [-0.15, -0.1) is 0 Å². The number of rotatable bonds is 3. The highest BCUT2D eigenvalue weighted by atomic mass is 19.2. The van der Waals surface area contributed by atoms with Crippen LogP contribution in [0.5, 0.6) is 5.75 Å². The fourth-order valence-electron chi connectivity index (χ4n) is 2.50. The molecule has 2 rings (SSSR count). The summed E-state index contributed by atoms with van der Waals surface area (Å²) in [5.41, 5.74) is 5.27. The van der Waals surface area contributed by atoms with E-state index >= 15 is 0 Å². The highest BCUT2D eigenvalue weighted by Gasteiger charge is 2.31. The Bertz CT molecular complexity index is 498. The molecule has 1 aliphatic rings. The topological polar surface area (TPSA) is 35.2 Å². The monoisotopic (exact) mass is 309 g/mol. The highest BCUT2D eigenvalue weighted by molar-refractivity contribution is 5.29. The first-order valence-corrected chi connectivity index (χ1v) is 6.79. The smallest absolute Gasteiger partial charge is 0.206 e. The molecule has 0 amide bonds. The van der Waals surface area contributed by atoms with E-state index in [1.54, 1.807) is 0 Å². The first-order valence-electron chi connectivity index (χ1n) is 6.79. The molecular weight excluding hydrogens is 293 g/mol. The molecule has 1 aromatic rings. The molecular formula is C14H16F5NO. The molecule has 0 spiro atoms. The van der Waals surface area contributed by atoms with Crippen LogP contribution >= 0.6 is 0 Å². The number of benzene rings is 1. The fraction of sp³-hybridized carbons (Fsp3) is 0.571. The average Bonchev–Trinajstić information content (AvgIpc) is 2.68. The second-order valence-corrected chi connectivity index (χ2v) is 5.46. The summed E-state index contributed by atoms with van der Waals surface area (Å²) < 4.78 is 70.8. The first kappa shape index (κ1) is 16.0. The van der Waals surface area contributed by atoms with Gasteiger partial charge in [0.05, 0.1) is 5.54 Å². The van der Waals surface area contributed by atoms with Crippen molar-refractivity contribution in [2.45, 2.75) is 44.1 Å². The number of hydrogen-bond donors (Lipinski definition) is 1. The van der Waals surface area contributed by atoms with Crippen LogP contribution in [-0.4, -0.2) is 12.1 Å². The first-order chi connectivity index (χ1) is 9.86. The molecule has 1 aromatic carbocycles. The molecule has 0 bridgehead atoms. The van der Waals surface area contributed by atoms with Gasteiger partial charge in [0, 0.05) is 0 Å². The van der Waals surface area contributed by atoms with E-state index in [9.17, 15) is 22.0 Å².